The van der Waals surface area contributed by atoms with Crippen molar-refractivity contribution in [3.05, 3.63) is 218 Å². The molecule has 59 heavy (non-hydrogen) atoms. The summed E-state index contributed by atoms with van der Waals surface area (Å²) in [6.07, 6.45) is 0. The van der Waals surface area contributed by atoms with Gasteiger partial charge < -0.3 is 13.9 Å². The van der Waals surface area contributed by atoms with Gasteiger partial charge in [-0.25, -0.2) is 0 Å². The van der Waals surface area contributed by atoms with Crippen molar-refractivity contribution < 1.29 is 4.42 Å². The lowest BCUT2D eigenvalue weighted by Gasteiger charge is -2.26. The van der Waals surface area contributed by atoms with Crippen LogP contribution in [0, 0.1) is 0 Å². The molecule has 0 aliphatic rings. The van der Waals surface area contributed by atoms with E-state index in [1.165, 1.54) is 54.5 Å². The highest BCUT2D eigenvalue weighted by Crippen LogP contribution is 2.46. The van der Waals surface area contributed by atoms with Crippen molar-refractivity contribution in [2.45, 2.75) is 0 Å². The van der Waals surface area contributed by atoms with Crippen LogP contribution in [0.3, 0.4) is 0 Å². The van der Waals surface area contributed by atoms with Crippen molar-refractivity contribution in [3.63, 3.8) is 0 Å². The Labute approximate surface area is 341 Å². The number of hydrogen-bond acceptors (Lipinski definition) is 2. The summed E-state index contributed by atoms with van der Waals surface area (Å²) in [5.41, 5.74) is 13.1. The summed E-state index contributed by atoms with van der Waals surface area (Å²) in [7, 11) is 0. The van der Waals surface area contributed by atoms with Crippen LogP contribution in [0.25, 0.3) is 93.2 Å². The lowest BCUT2D eigenvalue weighted by atomic mass is 9.97. The molecule has 12 aromatic rings. The molecule has 0 atom stereocenters. The zero-order valence-electron chi connectivity index (χ0n) is 32.1. The van der Waals surface area contributed by atoms with Gasteiger partial charge >= 0.3 is 0 Å². The van der Waals surface area contributed by atoms with Crippen molar-refractivity contribution in [1.82, 2.24) is 4.57 Å². The second kappa shape index (κ2) is 13.4. The molecule has 0 radical (unpaired) electrons. The van der Waals surface area contributed by atoms with E-state index >= 15 is 0 Å². The van der Waals surface area contributed by atoms with E-state index in [1.54, 1.807) is 0 Å². The lowest BCUT2D eigenvalue weighted by Crippen LogP contribution is -2.10. The van der Waals surface area contributed by atoms with Crippen molar-refractivity contribution in [3.8, 4) is 27.9 Å². The summed E-state index contributed by atoms with van der Waals surface area (Å²) < 4.78 is 9.17. The maximum Gasteiger partial charge on any atom is 0.160 e. The zero-order valence-corrected chi connectivity index (χ0v) is 32.1. The second-order valence-electron chi connectivity index (χ2n) is 15.3. The normalized spacial score (nSPS) is 11.7. The quantitative estimate of drug-likeness (QED) is 0.169. The summed E-state index contributed by atoms with van der Waals surface area (Å²) in [6, 6.07) is 78.6. The molecule has 0 unspecified atom stereocenters. The van der Waals surface area contributed by atoms with E-state index in [0.29, 0.717) is 0 Å². The third-order valence-electron chi connectivity index (χ3n) is 12.0. The maximum absolute atomic E-state index is 6.80. The van der Waals surface area contributed by atoms with Crippen LogP contribution < -0.4 is 4.90 Å². The van der Waals surface area contributed by atoms with Crippen LogP contribution in [0.1, 0.15) is 0 Å². The molecule has 0 fully saturated rings. The molecule has 3 heteroatoms. The van der Waals surface area contributed by atoms with E-state index in [1.807, 2.05) is 6.07 Å². The summed E-state index contributed by atoms with van der Waals surface area (Å²) in [5, 5.41) is 9.61. The second-order valence-corrected chi connectivity index (χ2v) is 15.3. The molecule has 276 valence electrons. The molecule has 0 spiro atoms. The van der Waals surface area contributed by atoms with Gasteiger partial charge in [-0.2, -0.15) is 0 Å². The third-order valence-corrected chi connectivity index (χ3v) is 12.0. The van der Waals surface area contributed by atoms with Crippen molar-refractivity contribution in [2.24, 2.45) is 0 Å². The first-order chi connectivity index (χ1) is 29.3. The number of anilines is 3. The minimum atomic E-state index is 0.868. The zero-order chi connectivity index (χ0) is 38.9. The summed E-state index contributed by atoms with van der Waals surface area (Å²) in [5.74, 6) is 0. The topological polar surface area (TPSA) is 21.3 Å². The van der Waals surface area contributed by atoms with E-state index in [4.69, 9.17) is 4.42 Å². The van der Waals surface area contributed by atoms with Gasteiger partial charge in [0.05, 0.1) is 16.7 Å². The van der Waals surface area contributed by atoms with Crippen LogP contribution >= 0.6 is 0 Å². The van der Waals surface area contributed by atoms with Crippen LogP contribution in [0.4, 0.5) is 17.1 Å². The first-order valence-electron chi connectivity index (χ1n) is 20.2. The molecule has 0 N–H and O–H groups in total. The Morgan fingerprint density at radius 3 is 1.56 bits per heavy atom. The Morgan fingerprint density at radius 2 is 0.881 bits per heavy atom. The molecule has 0 saturated heterocycles. The van der Waals surface area contributed by atoms with Crippen molar-refractivity contribution in [1.29, 1.82) is 0 Å². The largest absolute Gasteiger partial charge is 0.454 e. The Balaban J connectivity index is 0.984. The van der Waals surface area contributed by atoms with Crippen molar-refractivity contribution in [2.75, 3.05) is 4.90 Å². The maximum atomic E-state index is 6.80. The van der Waals surface area contributed by atoms with E-state index in [9.17, 15) is 0 Å². The van der Waals surface area contributed by atoms with Gasteiger partial charge in [0.1, 0.15) is 5.58 Å². The number of hydrogen-bond donors (Lipinski definition) is 0. The lowest BCUT2D eigenvalue weighted by molar-refractivity contribution is 0.669. The molecule has 0 amide bonds. The highest BCUT2D eigenvalue weighted by molar-refractivity contribution is 6.23. The molecular formula is C56H36N2O. The van der Waals surface area contributed by atoms with E-state index in [0.717, 1.165) is 55.8 Å². The smallest absolute Gasteiger partial charge is 0.160 e. The van der Waals surface area contributed by atoms with E-state index in [2.05, 4.69) is 222 Å². The van der Waals surface area contributed by atoms with Crippen LogP contribution in [-0.2, 0) is 0 Å². The van der Waals surface area contributed by atoms with E-state index < -0.39 is 0 Å². The van der Waals surface area contributed by atoms with Crippen LogP contribution in [0.2, 0.25) is 0 Å². The standard InChI is InChI=1S/C56H36N2O/c1-3-15-45-39(12-1)14-11-20-46(45)40-28-34-43(35-29-40)57(53-36-41-13-2-4-16-47(41)55-50-19-7-10-23-54(50)59-56(53)55)42-30-24-37(25-31-42)38-26-32-44(33-27-38)58-51-21-8-5-17-48(51)49-18-6-9-22-52(49)58/h1-36H. The Morgan fingerprint density at radius 1 is 0.373 bits per heavy atom. The fraction of sp³-hybridized carbons (Fsp3) is 0. The monoisotopic (exact) mass is 752 g/mol. The fourth-order valence-electron chi connectivity index (χ4n) is 9.22. The average molecular weight is 753 g/mol. The van der Waals surface area contributed by atoms with Crippen LogP contribution in [0.5, 0.6) is 0 Å². The minimum Gasteiger partial charge on any atom is -0.454 e. The first-order valence-corrected chi connectivity index (χ1v) is 20.2. The van der Waals surface area contributed by atoms with Crippen molar-refractivity contribution >= 4 is 82.4 Å². The molecule has 2 heterocycles. The predicted molar refractivity (Wildman–Crippen MR) is 249 cm³/mol. The molecule has 3 nitrogen and oxygen atoms in total. The first kappa shape index (κ1) is 33.3. The van der Waals surface area contributed by atoms with Gasteiger partial charge in [0.15, 0.2) is 5.58 Å². The number of nitrogens with zero attached hydrogens (tertiary/aromatic N) is 2. The third kappa shape index (κ3) is 5.36. The highest BCUT2D eigenvalue weighted by Gasteiger charge is 2.22. The number of rotatable bonds is 6. The SMILES string of the molecule is c1ccc2c(-c3ccc(N(c4ccc(-c5ccc(-n6c7ccccc7c7ccccc76)cc5)cc4)c4cc5ccccc5c5c4oc4ccccc45)cc3)cccc2c1. The summed E-state index contributed by atoms with van der Waals surface area (Å²) >= 11 is 0. The highest BCUT2D eigenvalue weighted by atomic mass is 16.3. The number of furan rings is 1. The number of para-hydroxylation sites is 3. The Hall–Kier alpha value is -7.88. The molecule has 0 aliphatic carbocycles. The van der Waals surface area contributed by atoms with Gasteiger partial charge in [0, 0.05) is 38.6 Å². The predicted octanol–water partition coefficient (Wildman–Crippen LogP) is 15.8. The molecule has 10 aromatic carbocycles. The summed E-state index contributed by atoms with van der Waals surface area (Å²) in [4.78, 5) is 2.35. The fourth-order valence-corrected chi connectivity index (χ4v) is 9.22. The molecule has 0 saturated carbocycles. The van der Waals surface area contributed by atoms with Gasteiger partial charge in [-0.3, -0.25) is 0 Å². The summed E-state index contributed by atoms with van der Waals surface area (Å²) in [6.45, 7) is 0. The molecule has 0 aliphatic heterocycles. The van der Waals surface area contributed by atoms with Crippen LogP contribution in [-0.4, -0.2) is 4.57 Å². The van der Waals surface area contributed by atoms with Crippen LogP contribution in [0.15, 0.2) is 223 Å². The molecule has 0 bridgehead atoms. The number of benzene rings is 10. The van der Waals surface area contributed by atoms with Gasteiger partial charge in [0.25, 0.3) is 0 Å². The van der Waals surface area contributed by atoms with E-state index in [-0.39, 0.29) is 0 Å². The van der Waals surface area contributed by atoms with Gasteiger partial charge in [-0.15, -0.1) is 0 Å². The molecule has 12 rings (SSSR count). The Bertz CT molecular complexity index is 3480. The van der Waals surface area contributed by atoms with Gasteiger partial charge in [0.2, 0.25) is 0 Å². The van der Waals surface area contributed by atoms with Gasteiger partial charge in [-0.05, 0) is 104 Å². The number of fused-ring (bicyclic) bond motifs is 9. The molecular weight excluding hydrogens is 717 g/mol. The number of aromatic nitrogens is 1. The Kier molecular flexibility index (Phi) is 7.54. The minimum absolute atomic E-state index is 0.868. The molecule has 2 aromatic heterocycles. The average Bonchev–Trinajstić information content (AvgIpc) is 3.87. The van der Waals surface area contributed by atoms with Gasteiger partial charge in [-0.1, -0.05) is 158 Å².